The van der Waals surface area contributed by atoms with Crippen molar-refractivity contribution in [3.05, 3.63) is 68.1 Å². The number of likely N-dealkylation sites (tertiary alicyclic amines) is 1. The van der Waals surface area contributed by atoms with Crippen LogP contribution in [0.2, 0.25) is 0 Å². The zero-order valence-electron chi connectivity index (χ0n) is 19.3. The third kappa shape index (κ3) is 4.11. The van der Waals surface area contributed by atoms with Crippen LogP contribution in [0.15, 0.2) is 40.1 Å². The maximum atomic E-state index is 14.7. The molecule has 1 saturated heterocycles. The quantitative estimate of drug-likeness (QED) is 0.513. The minimum Gasteiger partial charge on any atom is -0.361 e. The normalized spacial score (nSPS) is 18.6. The van der Waals surface area contributed by atoms with E-state index in [1.807, 2.05) is 4.90 Å². The zero-order chi connectivity index (χ0) is 25.1. The summed E-state index contributed by atoms with van der Waals surface area (Å²) in [6.07, 6.45) is -0.745. The molecule has 1 aromatic carbocycles. The summed E-state index contributed by atoms with van der Waals surface area (Å²) in [5, 5.41) is 7.81. The van der Waals surface area contributed by atoms with Gasteiger partial charge in [-0.2, -0.15) is 5.10 Å². The van der Waals surface area contributed by atoms with Crippen molar-refractivity contribution < 1.29 is 17.6 Å². The van der Waals surface area contributed by atoms with E-state index in [0.717, 1.165) is 23.6 Å². The van der Waals surface area contributed by atoms with Gasteiger partial charge in [-0.05, 0) is 19.8 Å². The van der Waals surface area contributed by atoms with Gasteiger partial charge in [-0.1, -0.05) is 18.2 Å². The van der Waals surface area contributed by atoms with Crippen molar-refractivity contribution >= 4 is 16.6 Å². The monoisotopic (exact) mass is 491 g/mol. The molecule has 186 valence electrons. The number of nitrogens with one attached hydrogen (secondary N) is 1. The number of alkyl halides is 3. The highest BCUT2D eigenvalue weighted by Gasteiger charge is 2.48. The van der Waals surface area contributed by atoms with Crippen LogP contribution in [0, 0.1) is 5.82 Å². The Bertz CT molecular complexity index is 1410. The maximum Gasteiger partial charge on any atom is 0.274 e. The Balaban J connectivity index is 1.55. The lowest BCUT2D eigenvalue weighted by Crippen LogP contribution is -2.53. The second-order valence-electron chi connectivity index (χ2n) is 9.52. The maximum absolute atomic E-state index is 14.7. The van der Waals surface area contributed by atoms with Crippen LogP contribution >= 0.6 is 0 Å². The second kappa shape index (κ2) is 8.47. The van der Waals surface area contributed by atoms with Crippen LogP contribution in [0.1, 0.15) is 43.4 Å². The first-order chi connectivity index (χ1) is 16.6. The van der Waals surface area contributed by atoms with Gasteiger partial charge in [0.2, 0.25) is 0 Å². The molecule has 3 aromatic rings. The smallest absolute Gasteiger partial charge is 0.274 e. The van der Waals surface area contributed by atoms with E-state index >= 15 is 0 Å². The molecule has 0 bridgehead atoms. The third-order valence-corrected chi connectivity index (χ3v) is 6.97. The van der Waals surface area contributed by atoms with E-state index in [9.17, 15) is 27.2 Å². The molecule has 2 aromatic heterocycles. The molecule has 3 heterocycles. The Morgan fingerprint density at radius 2 is 1.86 bits per heavy atom. The van der Waals surface area contributed by atoms with Crippen LogP contribution in [-0.4, -0.2) is 45.1 Å². The van der Waals surface area contributed by atoms with Crippen LogP contribution < -0.4 is 16.4 Å². The van der Waals surface area contributed by atoms with Gasteiger partial charge in [0.25, 0.3) is 17.5 Å². The van der Waals surface area contributed by atoms with Gasteiger partial charge in [0.05, 0.1) is 22.5 Å². The van der Waals surface area contributed by atoms with Gasteiger partial charge in [-0.3, -0.25) is 14.5 Å². The number of hydrogen-bond acceptors (Lipinski definition) is 5. The number of anilines is 1. The highest BCUT2D eigenvalue weighted by Crippen LogP contribution is 2.44. The largest absolute Gasteiger partial charge is 0.361 e. The first-order valence-electron chi connectivity index (χ1n) is 11.4. The SMILES string of the molecule is CC(Nc1nn(C)c(=O)c2cc(=O)n(C3(CN4CC(F)C4)CC3)cc12)c1cccc(C(F)F)c1F. The first kappa shape index (κ1) is 23.5. The van der Waals surface area contributed by atoms with Crippen molar-refractivity contribution in [1.82, 2.24) is 19.2 Å². The topological polar surface area (TPSA) is 72.2 Å². The first-order valence-corrected chi connectivity index (χ1v) is 11.4. The van der Waals surface area contributed by atoms with Crippen LogP contribution in [0.4, 0.5) is 23.4 Å². The van der Waals surface area contributed by atoms with Crippen LogP contribution in [-0.2, 0) is 12.6 Å². The number of rotatable bonds is 7. The molecule has 5 rings (SSSR count). The van der Waals surface area contributed by atoms with E-state index in [4.69, 9.17) is 0 Å². The molecule has 1 aliphatic carbocycles. The Kier molecular flexibility index (Phi) is 5.70. The molecule has 0 radical (unpaired) electrons. The van der Waals surface area contributed by atoms with Crippen molar-refractivity contribution in [3.8, 4) is 0 Å². The highest BCUT2D eigenvalue weighted by molar-refractivity contribution is 5.90. The molecule has 1 atom stereocenters. The Morgan fingerprint density at radius 3 is 2.49 bits per heavy atom. The van der Waals surface area contributed by atoms with Crippen molar-refractivity contribution in [2.24, 2.45) is 7.05 Å². The molecule has 35 heavy (non-hydrogen) atoms. The van der Waals surface area contributed by atoms with Gasteiger partial charge >= 0.3 is 0 Å². The lowest BCUT2D eigenvalue weighted by molar-refractivity contribution is 0.0485. The summed E-state index contributed by atoms with van der Waals surface area (Å²) in [5.74, 6) is -0.792. The standard InChI is InChI=1S/C24H25F4N5O2/c1-13(15-4-3-5-16(20(15)26)21(27)28)29-22-18-11-33(19(34)8-17(18)23(35)31(2)30-22)24(6-7-24)12-32-9-14(25)10-32/h3-5,8,11,13-14,21H,6-7,9-10,12H2,1-2H3,(H,29,30). The predicted octanol–water partition coefficient (Wildman–Crippen LogP) is 3.49. The number of benzene rings is 1. The molecule has 0 spiro atoms. The predicted molar refractivity (Wildman–Crippen MR) is 123 cm³/mol. The summed E-state index contributed by atoms with van der Waals surface area (Å²) in [6, 6.07) is 4.30. The van der Waals surface area contributed by atoms with Gasteiger partial charge in [0.1, 0.15) is 12.0 Å². The average Bonchev–Trinajstić information content (AvgIpc) is 3.56. The number of aryl methyl sites for hydroxylation is 1. The molecule has 2 fully saturated rings. The summed E-state index contributed by atoms with van der Waals surface area (Å²) < 4.78 is 57.1. The number of aromatic nitrogens is 3. The Labute approximate surface area is 198 Å². The minimum atomic E-state index is -2.96. The summed E-state index contributed by atoms with van der Waals surface area (Å²) in [7, 11) is 1.43. The molecule has 2 aliphatic rings. The van der Waals surface area contributed by atoms with Crippen molar-refractivity contribution in [2.75, 3.05) is 25.0 Å². The lowest BCUT2D eigenvalue weighted by Gasteiger charge is -2.37. The van der Waals surface area contributed by atoms with Gasteiger partial charge in [0, 0.05) is 49.9 Å². The molecule has 1 aliphatic heterocycles. The van der Waals surface area contributed by atoms with Gasteiger partial charge < -0.3 is 9.88 Å². The molecule has 7 nitrogen and oxygen atoms in total. The molecule has 11 heteroatoms. The number of nitrogens with zero attached hydrogens (tertiary/aromatic N) is 4. The molecule has 1 N–H and O–H groups in total. The fraction of sp³-hybridized carbons (Fsp3) is 0.458. The summed E-state index contributed by atoms with van der Waals surface area (Å²) in [5.41, 5.74) is -1.96. The van der Waals surface area contributed by atoms with Crippen LogP contribution in [0.3, 0.4) is 0 Å². The molecule has 1 unspecified atom stereocenters. The molecular formula is C24H25F4N5O2. The Morgan fingerprint density at radius 1 is 1.17 bits per heavy atom. The number of fused-ring (bicyclic) bond motifs is 1. The third-order valence-electron chi connectivity index (χ3n) is 6.97. The fourth-order valence-electron chi connectivity index (χ4n) is 4.83. The lowest BCUT2D eigenvalue weighted by atomic mass is 10.0. The Hall–Kier alpha value is -3.21. The number of hydrogen-bond donors (Lipinski definition) is 1. The summed E-state index contributed by atoms with van der Waals surface area (Å²) in [4.78, 5) is 27.7. The van der Waals surface area contributed by atoms with E-state index in [-0.39, 0.29) is 22.3 Å². The summed E-state index contributed by atoms with van der Waals surface area (Å²) in [6.45, 7) is 2.79. The van der Waals surface area contributed by atoms with Gasteiger partial charge in [-0.15, -0.1) is 0 Å². The van der Waals surface area contributed by atoms with E-state index in [1.54, 1.807) is 17.7 Å². The van der Waals surface area contributed by atoms with Crippen molar-refractivity contribution in [2.45, 2.75) is 43.9 Å². The van der Waals surface area contributed by atoms with E-state index in [2.05, 4.69) is 10.4 Å². The van der Waals surface area contributed by atoms with Crippen LogP contribution in [0.5, 0.6) is 0 Å². The van der Waals surface area contributed by atoms with Gasteiger partial charge in [-0.25, -0.2) is 22.2 Å². The van der Waals surface area contributed by atoms with E-state index in [0.29, 0.717) is 25.0 Å². The van der Waals surface area contributed by atoms with Crippen molar-refractivity contribution in [1.29, 1.82) is 0 Å². The molecule has 0 amide bonds. The summed E-state index contributed by atoms with van der Waals surface area (Å²) >= 11 is 0. The minimum absolute atomic E-state index is 0.0251. The average molecular weight is 491 g/mol. The molecule has 1 saturated carbocycles. The van der Waals surface area contributed by atoms with E-state index < -0.39 is 41.1 Å². The molecular weight excluding hydrogens is 466 g/mol. The van der Waals surface area contributed by atoms with Crippen LogP contribution in [0.25, 0.3) is 10.8 Å². The van der Waals surface area contributed by atoms with E-state index in [1.165, 1.54) is 25.2 Å². The zero-order valence-corrected chi connectivity index (χ0v) is 19.3. The highest BCUT2D eigenvalue weighted by atomic mass is 19.3. The second-order valence-corrected chi connectivity index (χ2v) is 9.52. The number of pyridine rings is 1. The van der Waals surface area contributed by atoms with Crippen molar-refractivity contribution in [3.63, 3.8) is 0 Å². The fourth-order valence-corrected chi connectivity index (χ4v) is 4.83. The number of halogens is 4. The van der Waals surface area contributed by atoms with Gasteiger partial charge in [0.15, 0.2) is 5.82 Å².